The quantitative estimate of drug-likeness (QED) is 0.879. The third-order valence-electron chi connectivity index (χ3n) is 5.32. The fourth-order valence-electron chi connectivity index (χ4n) is 3.80. The van der Waals surface area contributed by atoms with E-state index >= 15 is 0 Å². The summed E-state index contributed by atoms with van der Waals surface area (Å²) in [6.07, 6.45) is 6.14. The molecule has 26 heavy (non-hydrogen) atoms. The van der Waals surface area contributed by atoms with Crippen molar-refractivity contribution < 1.29 is 14.3 Å². The minimum Gasteiger partial charge on any atom is -0.477 e. The SMILES string of the molecule is N[C@@H]1CCCCN(c2cc3c(cc2F)c(=O)c(C(=O)O)cn3C2CC2)C1. The monoisotopic (exact) mass is 359 g/mol. The number of hydrogen-bond donors (Lipinski definition) is 2. The highest BCUT2D eigenvalue weighted by molar-refractivity contribution is 5.93. The lowest BCUT2D eigenvalue weighted by Crippen LogP contribution is -2.36. The van der Waals surface area contributed by atoms with Gasteiger partial charge in [-0.15, -0.1) is 0 Å². The molecule has 1 atom stereocenters. The lowest BCUT2D eigenvalue weighted by atomic mass is 10.1. The summed E-state index contributed by atoms with van der Waals surface area (Å²) in [6.45, 7) is 1.29. The van der Waals surface area contributed by atoms with E-state index in [1.165, 1.54) is 12.3 Å². The number of anilines is 1. The number of benzene rings is 1. The van der Waals surface area contributed by atoms with E-state index in [1.807, 2.05) is 9.47 Å². The number of rotatable bonds is 3. The first-order chi connectivity index (χ1) is 12.5. The molecule has 138 valence electrons. The van der Waals surface area contributed by atoms with Crippen LogP contribution in [0.25, 0.3) is 10.9 Å². The van der Waals surface area contributed by atoms with Crippen molar-refractivity contribution >= 4 is 22.6 Å². The zero-order chi connectivity index (χ0) is 18.4. The summed E-state index contributed by atoms with van der Waals surface area (Å²) in [5.41, 5.74) is 6.19. The third-order valence-corrected chi connectivity index (χ3v) is 5.32. The second-order valence-corrected chi connectivity index (χ2v) is 7.34. The van der Waals surface area contributed by atoms with Crippen LogP contribution >= 0.6 is 0 Å². The molecule has 6 nitrogen and oxygen atoms in total. The lowest BCUT2D eigenvalue weighted by molar-refractivity contribution is 0.0695. The van der Waals surface area contributed by atoms with Crippen molar-refractivity contribution in [1.82, 2.24) is 4.57 Å². The molecule has 4 rings (SSSR count). The van der Waals surface area contributed by atoms with Crippen LogP contribution in [0.1, 0.15) is 48.5 Å². The number of hydrogen-bond acceptors (Lipinski definition) is 4. The topological polar surface area (TPSA) is 88.6 Å². The normalized spacial score (nSPS) is 21.0. The number of carboxylic acids is 1. The molecule has 1 aliphatic carbocycles. The number of nitrogens with two attached hydrogens (primary N) is 1. The highest BCUT2D eigenvalue weighted by Crippen LogP contribution is 2.38. The van der Waals surface area contributed by atoms with Gasteiger partial charge < -0.3 is 20.3 Å². The molecule has 0 spiro atoms. The fraction of sp³-hybridized carbons (Fsp3) is 0.474. The van der Waals surface area contributed by atoms with Gasteiger partial charge in [-0.2, -0.15) is 0 Å². The van der Waals surface area contributed by atoms with Crippen molar-refractivity contribution in [2.75, 3.05) is 18.0 Å². The number of fused-ring (bicyclic) bond motifs is 1. The molecular formula is C19H22FN3O3. The number of carboxylic acid groups (broad SMARTS) is 1. The average molecular weight is 359 g/mol. The van der Waals surface area contributed by atoms with Gasteiger partial charge in [-0.05, 0) is 37.8 Å². The molecule has 2 aromatic rings. The maximum Gasteiger partial charge on any atom is 0.341 e. The summed E-state index contributed by atoms with van der Waals surface area (Å²) in [5, 5.41) is 9.43. The van der Waals surface area contributed by atoms with Crippen molar-refractivity contribution in [1.29, 1.82) is 0 Å². The molecule has 3 N–H and O–H groups in total. The molecule has 0 unspecified atom stereocenters. The van der Waals surface area contributed by atoms with Gasteiger partial charge >= 0.3 is 5.97 Å². The van der Waals surface area contributed by atoms with Crippen LogP contribution in [0.5, 0.6) is 0 Å². The van der Waals surface area contributed by atoms with Gasteiger partial charge in [0, 0.05) is 36.8 Å². The van der Waals surface area contributed by atoms with Gasteiger partial charge in [0.05, 0.1) is 11.2 Å². The molecule has 1 aliphatic heterocycles. The molecule has 0 bridgehead atoms. The Hall–Kier alpha value is -2.41. The molecule has 1 saturated heterocycles. The Morgan fingerprint density at radius 2 is 2.00 bits per heavy atom. The number of nitrogens with zero attached hydrogens (tertiary/aromatic N) is 2. The van der Waals surface area contributed by atoms with Crippen LogP contribution in [0.15, 0.2) is 23.1 Å². The highest BCUT2D eigenvalue weighted by Gasteiger charge is 2.28. The van der Waals surface area contributed by atoms with Gasteiger partial charge in [-0.25, -0.2) is 9.18 Å². The van der Waals surface area contributed by atoms with Crippen LogP contribution in [0.3, 0.4) is 0 Å². The maximum absolute atomic E-state index is 14.8. The first-order valence-corrected chi connectivity index (χ1v) is 9.08. The van der Waals surface area contributed by atoms with E-state index in [0.29, 0.717) is 17.7 Å². The summed E-state index contributed by atoms with van der Waals surface area (Å²) in [4.78, 5) is 25.9. The Balaban J connectivity index is 1.90. The number of aromatic nitrogens is 1. The van der Waals surface area contributed by atoms with Gasteiger partial charge in [-0.1, -0.05) is 6.42 Å². The van der Waals surface area contributed by atoms with Crippen LogP contribution in [0.2, 0.25) is 0 Å². The maximum atomic E-state index is 14.8. The van der Waals surface area contributed by atoms with Gasteiger partial charge in [0.25, 0.3) is 0 Å². The summed E-state index contributed by atoms with van der Waals surface area (Å²) in [6, 6.07) is 3.04. The molecule has 2 fully saturated rings. The van der Waals surface area contributed by atoms with Crippen LogP contribution in [-0.2, 0) is 0 Å². The summed E-state index contributed by atoms with van der Waals surface area (Å²) >= 11 is 0. The van der Waals surface area contributed by atoms with Crippen molar-refractivity contribution in [3.8, 4) is 0 Å². The molecule has 0 radical (unpaired) electrons. The van der Waals surface area contributed by atoms with Crippen molar-refractivity contribution in [2.45, 2.75) is 44.2 Å². The number of halogens is 1. The van der Waals surface area contributed by atoms with Crippen LogP contribution in [0.4, 0.5) is 10.1 Å². The zero-order valence-electron chi connectivity index (χ0n) is 14.4. The number of aromatic carboxylic acids is 1. The lowest BCUT2D eigenvalue weighted by Gasteiger charge is -2.26. The zero-order valence-corrected chi connectivity index (χ0v) is 14.4. The fourth-order valence-corrected chi connectivity index (χ4v) is 3.80. The van der Waals surface area contributed by atoms with Gasteiger partial charge in [0.2, 0.25) is 5.43 Å². The molecule has 1 saturated carbocycles. The predicted octanol–water partition coefficient (Wildman–Crippen LogP) is 2.49. The van der Waals surface area contributed by atoms with E-state index in [2.05, 4.69) is 0 Å². The largest absolute Gasteiger partial charge is 0.477 e. The minimum atomic E-state index is -1.28. The smallest absolute Gasteiger partial charge is 0.341 e. The van der Waals surface area contributed by atoms with E-state index in [9.17, 15) is 19.1 Å². The van der Waals surface area contributed by atoms with E-state index in [4.69, 9.17) is 5.73 Å². The molecule has 1 aromatic heterocycles. The van der Waals surface area contributed by atoms with E-state index in [-0.39, 0.29) is 23.0 Å². The van der Waals surface area contributed by atoms with E-state index in [0.717, 1.165) is 38.6 Å². The van der Waals surface area contributed by atoms with Gasteiger partial charge in [0.1, 0.15) is 11.4 Å². The van der Waals surface area contributed by atoms with Crippen LogP contribution in [-0.4, -0.2) is 34.8 Å². The second kappa shape index (κ2) is 6.39. The van der Waals surface area contributed by atoms with Crippen LogP contribution < -0.4 is 16.1 Å². The Kier molecular flexibility index (Phi) is 4.19. The van der Waals surface area contributed by atoms with Crippen LogP contribution in [0, 0.1) is 5.82 Å². The Bertz CT molecular complexity index is 936. The summed E-state index contributed by atoms with van der Waals surface area (Å²) in [7, 11) is 0. The standard InChI is InChI=1S/C19H22FN3O3/c20-15-7-13-16(8-17(15)22-6-2-1-3-11(21)9-22)23(12-4-5-12)10-14(18(13)24)19(25)26/h7-8,10-12H,1-6,9,21H2,(H,25,26)/t11-/m1/s1. The molecule has 1 aromatic carbocycles. The molecule has 2 heterocycles. The first kappa shape index (κ1) is 17.0. The average Bonchev–Trinajstić information content (AvgIpc) is 3.43. The molecular weight excluding hydrogens is 337 g/mol. The number of carbonyl (C=O) groups is 1. The predicted molar refractivity (Wildman–Crippen MR) is 97.4 cm³/mol. The number of pyridine rings is 1. The van der Waals surface area contributed by atoms with E-state index < -0.39 is 17.2 Å². The highest BCUT2D eigenvalue weighted by atomic mass is 19.1. The van der Waals surface area contributed by atoms with Crippen molar-refractivity contribution in [3.63, 3.8) is 0 Å². The first-order valence-electron chi connectivity index (χ1n) is 9.08. The second-order valence-electron chi connectivity index (χ2n) is 7.34. The molecule has 0 amide bonds. The summed E-state index contributed by atoms with van der Waals surface area (Å²) < 4.78 is 16.7. The van der Waals surface area contributed by atoms with Gasteiger partial charge in [-0.3, -0.25) is 4.79 Å². The Labute approximate surface area is 150 Å². The molecule has 2 aliphatic rings. The van der Waals surface area contributed by atoms with Crippen molar-refractivity contribution in [3.05, 3.63) is 39.9 Å². The summed E-state index contributed by atoms with van der Waals surface area (Å²) in [5.74, 6) is -1.79. The molecule has 7 heteroatoms. The van der Waals surface area contributed by atoms with E-state index in [1.54, 1.807) is 6.07 Å². The van der Waals surface area contributed by atoms with Gasteiger partial charge in [0.15, 0.2) is 0 Å². The third kappa shape index (κ3) is 2.96. The minimum absolute atomic E-state index is 0.00684. The Morgan fingerprint density at radius 1 is 1.23 bits per heavy atom. The van der Waals surface area contributed by atoms with Crippen molar-refractivity contribution in [2.24, 2.45) is 5.73 Å². The Morgan fingerprint density at radius 3 is 2.69 bits per heavy atom.